The Morgan fingerprint density at radius 3 is 2.95 bits per heavy atom. The summed E-state index contributed by atoms with van der Waals surface area (Å²) < 4.78 is 18.5. The fraction of sp³-hybridized carbons (Fsp3) is 0.400. The predicted octanol–water partition coefficient (Wildman–Crippen LogP) is 2.33. The number of ether oxygens (including phenoxy) is 1. The number of likely N-dealkylation sites (tertiary alicyclic amines) is 1. The third-order valence-electron chi connectivity index (χ3n) is 3.96. The van der Waals surface area contributed by atoms with Crippen molar-refractivity contribution in [3.05, 3.63) is 48.3 Å². The fourth-order valence-corrected chi connectivity index (χ4v) is 3.03. The molecule has 0 amide bonds. The first-order valence-corrected chi connectivity index (χ1v) is 6.25. The minimum Gasteiger partial charge on any atom is -0.467 e. The van der Waals surface area contributed by atoms with Gasteiger partial charge in [-0.25, -0.2) is 9.18 Å². The van der Waals surface area contributed by atoms with Crippen molar-refractivity contribution in [3.63, 3.8) is 0 Å². The Labute approximate surface area is 112 Å². The molecule has 0 bridgehead atoms. The van der Waals surface area contributed by atoms with Gasteiger partial charge in [-0.2, -0.15) is 0 Å². The lowest BCUT2D eigenvalue weighted by atomic mass is 9.78. The molecule has 1 aliphatic heterocycles. The number of carbonyl (C=O) groups excluding carboxylic acids is 1. The Morgan fingerprint density at radius 1 is 1.63 bits per heavy atom. The topological polar surface area (TPSA) is 29.5 Å². The highest BCUT2D eigenvalue weighted by Crippen LogP contribution is 2.44. The number of methoxy groups -OCH3 is 1. The highest BCUT2D eigenvalue weighted by Gasteiger charge is 2.54. The van der Waals surface area contributed by atoms with Gasteiger partial charge in [-0.15, -0.1) is 6.58 Å². The van der Waals surface area contributed by atoms with E-state index < -0.39 is 5.54 Å². The highest BCUT2D eigenvalue weighted by molar-refractivity contribution is 5.84. The zero-order chi connectivity index (χ0) is 14.0. The van der Waals surface area contributed by atoms with Crippen molar-refractivity contribution in [1.29, 1.82) is 0 Å². The van der Waals surface area contributed by atoms with E-state index in [0.29, 0.717) is 5.56 Å². The summed E-state index contributed by atoms with van der Waals surface area (Å²) in [7, 11) is 3.21. The molecular weight excluding hydrogens is 245 g/mol. The molecular formula is C15H18FNO2. The first kappa shape index (κ1) is 13.7. The van der Waals surface area contributed by atoms with Crippen LogP contribution in [0.1, 0.15) is 12.0 Å². The van der Waals surface area contributed by atoms with Crippen LogP contribution in [-0.4, -0.2) is 31.6 Å². The van der Waals surface area contributed by atoms with E-state index in [9.17, 15) is 9.18 Å². The van der Waals surface area contributed by atoms with Gasteiger partial charge in [0.05, 0.1) is 7.11 Å². The van der Waals surface area contributed by atoms with Crippen LogP contribution in [0.5, 0.6) is 0 Å². The Bertz CT molecular complexity index is 503. The molecule has 4 heteroatoms. The Hall–Kier alpha value is -1.68. The smallest absolute Gasteiger partial charge is 0.331 e. The monoisotopic (exact) mass is 263 g/mol. The number of benzene rings is 1. The van der Waals surface area contributed by atoms with Gasteiger partial charge in [0.25, 0.3) is 0 Å². The molecule has 0 radical (unpaired) electrons. The van der Waals surface area contributed by atoms with Gasteiger partial charge in [-0.1, -0.05) is 18.2 Å². The van der Waals surface area contributed by atoms with Crippen molar-refractivity contribution in [3.8, 4) is 0 Å². The number of hydrogen-bond donors (Lipinski definition) is 0. The quantitative estimate of drug-likeness (QED) is 0.619. The lowest BCUT2D eigenvalue weighted by Gasteiger charge is -2.37. The molecule has 0 saturated carbocycles. The standard InChI is InChI=1S/C15H18FNO2/c1-4-11-8-9-17(2)15(11,14(18)19-3)12-6-5-7-13(16)10-12/h4-7,10-11H,1,8-9H2,2-3H3/t11-,15-/m0/s1. The lowest BCUT2D eigenvalue weighted by Crippen LogP contribution is -2.50. The van der Waals surface area contributed by atoms with Crippen LogP contribution in [0.3, 0.4) is 0 Å². The van der Waals surface area contributed by atoms with E-state index in [2.05, 4.69) is 6.58 Å². The molecule has 0 aliphatic carbocycles. The molecule has 0 spiro atoms. The van der Waals surface area contributed by atoms with Crippen LogP contribution in [0.2, 0.25) is 0 Å². The van der Waals surface area contributed by atoms with E-state index in [1.807, 2.05) is 11.9 Å². The van der Waals surface area contributed by atoms with Gasteiger partial charge in [0.2, 0.25) is 0 Å². The van der Waals surface area contributed by atoms with Crippen molar-refractivity contribution >= 4 is 5.97 Å². The van der Waals surface area contributed by atoms with Crippen molar-refractivity contribution in [2.24, 2.45) is 5.92 Å². The number of nitrogens with zero attached hydrogens (tertiary/aromatic N) is 1. The maximum Gasteiger partial charge on any atom is 0.331 e. The molecule has 1 fully saturated rings. The molecule has 0 unspecified atom stereocenters. The average molecular weight is 263 g/mol. The molecule has 1 aromatic carbocycles. The van der Waals surface area contributed by atoms with Gasteiger partial charge in [-0.05, 0) is 37.7 Å². The van der Waals surface area contributed by atoms with E-state index in [0.717, 1.165) is 13.0 Å². The largest absolute Gasteiger partial charge is 0.467 e. The van der Waals surface area contributed by atoms with Gasteiger partial charge >= 0.3 is 5.97 Å². The van der Waals surface area contributed by atoms with Crippen molar-refractivity contribution in [1.82, 2.24) is 4.90 Å². The van der Waals surface area contributed by atoms with E-state index in [4.69, 9.17) is 4.74 Å². The van der Waals surface area contributed by atoms with Crippen molar-refractivity contribution in [2.45, 2.75) is 12.0 Å². The summed E-state index contributed by atoms with van der Waals surface area (Å²) in [6.07, 6.45) is 2.55. The van der Waals surface area contributed by atoms with Gasteiger partial charge in [0.15, 0.2) is 5.54 Å². The average Bonchev–Trinajstić information content (AvgIpc) is 2.75. The zero-order valence-corrected chi connectivity index (χ0v) is 11.2. The van der Waals surface area contributed by atoms with Gasteiger partial charge < -0.3 is 4.74 Å². The molecule has 3 nitrogen and oxygen atoms in total. The van der Waals surface area contributed by atoms with E-state index in [1.54, 1.807) is 18.2 Å². The molecule has 2 rings (SSSR count). The summed E-state index contributed by atoms with van der Waals surface area (Å²) in [6, 6.07) is 6.14. The summed E-state index contributed by atoms with van der Waals surface area (Å²) in [6.45, 7) is 4.55. The van der Waals surface area contributed by atoms with Crippen molar-refractivity contribution < 1.29 is 13.9 Å². The summed E-state index contributed by atoms with van der Waals surface area (Å²) >= 11 is 0. The van der Waals surface area contributed by atoms with Gasteiger partial charge in [0.1, 0.15) is 5.82 Å². The van der Waals surface area contributed by atoms with E-state index >= 15 is 0 Å². The molecule has 19 heavy (non-hydrogen) atoms. The minimum atomic E-state index is -0.974. The molecule has 1 saturated heterocycles. The van der Waals surface area contributed by atoms with Gasteiger partial charge in [-0.3, -0.25) is 4.90 Å². The summed E-state index contributed by atoms with van der Waals surface area (Å²) in [5.74, 6) is -0.821. The second kappa shape index (κ2) is 5.13. The van der Waals surface area contributed by atoms with Crippen molar-refractivity contribution in [2.75, 3.05) is 20.7 Å². The second-order valence-corrected chi connectivity index (χ2v) is 4.82. The van der Waals surface area contributed by atoms with Crippen LogP contribution in [0.4, 0.5) is 4.39 Å². The van der Waals surface area contributed by atoms with Crippen LogP contribution < -0.4 is 0 Å². The SMILES string of the molecule is C=C[C@H]1CCN(C)[C@]1(C(=O)OC)c1cccc(F)c1. The molecule has 102 valence electrons. The molecule has 1 aromatic rings. The zero-order valence-electron chi connectivity index (χ0n) is 11.2. The molecule has 2 atom stereocenters. The van der Waals surface area contributed by atoms with Crippen LogP contribution in [-0.2, 0) is 15.1 Å². The number of rotatable bonds is 3. The maximum absolute atomic E-state index is 13.5. The van der Waals surface area contributed by atoms with Crippen LogP contribution in [0, 0.1) is 11.7 Å². The third-order valence-corrected chi connectivity index (χ3v) is 3.96. The fourth-order valence-electron chi connectivity index (χ4n) is 3.03. The van der Waals surface area contributed by atoms with Crippen LogP contribution >= 0.6 is 0 Å². The van der Waals surface area contributed by atoms with Crippen LogP contribution in [0.25, 0.3) is 0 Å². The Balaban J connectivity index is 2.63. The van der Waals surface area contributed by atoms with Gasteiger partial charge in [0, 0.05) is 5.92 Å². The van der Waals surface area contributed by atoms with Crippen LogP contribution in [0.15, 0.2) is 36.9 Å². The summed E-state index contributed by atoms with van der Waals surface area (Å²) in [5.41, 5.74) is -0.359. The third kappa shape index (κ3) is 1.96. The predicted molar refractivity (Wildman–Crippen MR) is 71.0 cm³/mol. The first-order valence-electron chi connectivity index (χ1n) is 6.25. The number of esters is 1. The Morgan fingerprint density at radius 2 is 2.37 bits per heavy atom. The normalized spacial score (nSPS) is 27.2. The summed E-state index contributed by atoms with van der Waals surface area (Å²) in [4.78, 5) is 14.3. The maximum atomic E-state index is 13.5. The molecule has 0 N–H and O–H groups in total. The lowest BCUT2D eigenvalue weighted by molar-refractivity contribution is -0.155. The number of likely N-dealkylation sites (N-methyl/N-ethyl adjacent to an activating group) is 1. The second-order valence-electron chi connectivity index (χ2n) is 4.82. The number of carbonyl (C=O) groups is 1. The number of hydrogen-bond acceptors (Lipinski definition) is 3. The van der Waals surface area contributed by atoms with E-state index in [-0.39, 0.29) is 17.7 Å². The molecule has 1 aliphatic rings. The molecule has 1 heterocycles. The Kier molecular flexibility index (Phi) is 3.71. The first-order chi connectivity index (χ1) is 9.07. The summed E-state index contributed by atoms with van der Waals surface area (Å²) in [5, 5.41) is 0. The molecule has 0 aromatic heterocycles. The van der Waals surface area contributed by atoms with E-state index in [1.165, 1.54) is 19.2 Å². The highest BCUT2D eigenvalue weighted by atomic mass is 19.1. The number of halogens is 1. The minimum absolute atomic E-state index is 0.0910.